The van der Waals surface area contributed by atoms with E-state index in [4.69, 9.17) is 9.47 Å². The van der Waals surface area contributed by atoms with E-state index in [0.717, 1.165) is 22.3 Å². The third kappa shape index (κ3) is 3.95. The molecule has 140 valence electrons. The van der Waals surface area contributed by atoms with Gasteiger partial charge in [-0.15, -0.1) is 0 Å². The Hall–Kier alpha value is -2.88. The molecule has 2 aromatic carbocycles. The summed E-state index contributed by atoms with van der Waals surface area (Å²) in [7, 11) is 1.60. The van der Waals surface area contributed by atoms with Crippen molar-refractivity contribution in [3.63, 3.8) is 0 Å². The Morgan fingerprint density at radius 2 is 1.93 bits per heavy atom. The molecule has 0 aliphatic heterocycles. The standard InChI is InChI=1S/C23H24O4/c1-4-27-23(25)22-20(16-9-7-10-18(12-16)26-3)13-17(14-21(22)24)19-11-6-5-8-15(19)2/h5-12,14,20,22H,4,13H2,1-3H3/t20-,22+/m0/s1. The lowest BCUT2D eigenvalue weighted by Gasteiger charge is -2.30. The summed E-state index contributed by atoms with van der Waals surface area (Å²) in [6.45, 7) is 4.03. The second-order valence-corrected chi connectivity index (χ2v) is 6.70. The number of hydrogen-bond acceptors (Lipinski definition) is 4. The maximum atomic E-state index is 12.9. The lowest BCUT2D eigenvalue weighted by atomic mass is 9.73. The molecule has 0 heterocycles. The Labute approximate surface area is 159 Å². The van der Waals surface area contributed by atoms with Crippen LogP contribution in [0, 0.1) is 12.8 Å². The van der Waals surface area contributed by atoms with Crippen LogP contribution >= 0.6 is 0 Å². The van der Waals surface area contributed by atoms with Crippen LogP contribution in [0.15, 0.2) is 54.6 Å². The zero-order valence-electron chi connectivity index (χ0n) is 15.9. The van der Waals surface area contributed by atoms with Crippen LogP contribution in [0.4, 0.5) is 0 Å². The minimum Gasteiger partial charge on any atom is -0.497 e. The minimum absolute atomic E-state index is 0.203. The van der Waals surface area contributed by atoms with Gasteiger partial charge in [-0.2, -0.15) is 0 Å². The topological polar surface area (TPSA) is 52.6 Å². The second kappa shape index (κ2) is 8.21. The monoisotopic (exact) mass is 364 g/mol. The molecule has 1 aliphatic rings. The van der Waals surface area contributed by atoms with Crippen LogP contribution < -0.4 is 4.74 Å². The number of allylic oxidation sites excluding steroid dienone is 2. The van der Waals surface area contributed by atoms with Crippen LogP contribution in [0.5, 0.6) is 5.75 Å². The maximum absolute atomic E-state index is 12.9. The SMILES string of the molecule is CCOC(=O)[C@H]1C(=O)C=C(c2ccccc2C)C[C@H]1c1cccc(OC)c1. The van der Waals surface area contributed by atoms with Gasteiger partial charge in [-0.25, -0.2) is 0 Å². The lowest BCUT2D eigenvalue weighted by molar-refractivity contribution is -0.151. The Morgan fingerprint density at radius 3 is 2.63 bits per heavy atom. The first-order valence-electron chi connectivity index (χ1n) is 9.16. The summed E-state index contributed by atoms with van der Waals surface area (Å²) in [5.41, 5.74) is 4.00. The highest BCUT2D eigenvalue weighted by Gasteiger charge is 2.40. The van der Waals surface area contributed by atoms with Gasteiger partial charge in [-0.3, -0.25) is 9.59 Å². The molecule has 0 spiro atoms. The van der Waals surface area contributed by atoms with Gasteiger partial charge in [0.25, 0.3) is 0 Å². The molecule has 3 rings (SSSR count). The van der Waals surface area contributed by atoms with E-state index in [1.54, 1.807) is 20.1 Å². The number of aryl methyl sites for hydroxylation is 1. The van der Waals surface area contributed by atoms with Crippen molar-refractivity contribution in [3.05, 3.63) is 71.3 Å². The molecule has 0 aromatic heterocycles. The highest BCUT2D eigenvalue weighted by atomic mass is 16.5. The lowest BCUT2D eigenvalue weighted by Crippen LogP contribution is -2.34. The van der Waals surface area contributed by atoms with Crippen molar-refractivity contribution in [2.45, 2.75) is 26.2 Å². The summed E-state index contributed by atoms with van der Waals surface area (Å²) in [5, 5.41) is 0. The first-order chi connectivity index (χ1) is 13.0. The van der Waals surface area contributed by atoms with Crippen LogP contribution in [-0.4, -0.2) is 25.5 Å². The molecule has 27 heavy (non-hydrogen) atoms. The molecule has 0 unspecified atom stereocenters. The summed E-state index contributed by atoms with van der Waals surface area (Å²) in [6, 6.07) is 15.5. The van der Waals surface area contributed by atoms with Gasteiger partial charge < -0.3 is 9.47 Å². The number of ether oxygens (including phenoxy) is 2. The van der Waals surface area contributed by atoms with Crippen LogP contribution in [0.1, 0.15) is 36.0 Å². The van der Waals surface area contributed by atoms with Gasteiger partial charge >= 0.3 is 5.97 Å². The summed E-state index contributed by atoms with van der Waals surface area (Å²) in [4.78, 5) is 25.5. The fraction of sp³-hybridized carbons (Fsp3) is 0.304. The average Bonchev–Trinajstić information content (AvgIpc) is 2.68. The number of benzene rings is 2. The molecule has 0 amide bonds. The quantitative estimate of drug-likeness (QED) is 0.586. The summed E-state index contributed by atoms with van der Waals surface area (Å²) in [6.07, 6.45) is 2.20. The molecule has 0 radical (unpaired) electrons. The van der Waals surface area contributed by atoms with Gasteiger partial charge in [0.15, 0.2) is 5.78 Å². The van der Waals surface area contributed by atoms with Gasteiger partial charge in [-0.1, -0.05) is 36.4 Å². The maximum Gasteiger partial charge on any atom is 0.317 e. The molecular formula is C23H24O4. The van der Waals surface area contributed by atoms with Crippen molar-refractivity contribution in [1.82, 2.24) is 0 Å². The third-order valence-corrected chi connectivity index (χ3v) is 5.02. The molecule has 0 N–H and O–H groups in total. The highest BCUT2D eigenvalue weighted by Crippen LogP contribution is 2.41. The van der Waals surface area contributed by atoms with Crippen LogP contribution in [-0.2, 0) is 14.3 Å². The van der Waals surface area contributed by atoms with E-state index in [9.17, 15) is 9.59 Å². The van der Waals surface area contributed by atoms with E-state index in [1.807, 2.05) is 55.5 Å². The smallest absolute Gasteiger partial charge is 0.317 e. The summed E-state index contributed by atoms with van der Waals surface area (Å²) >= 11 is 0. The van der Waals surface area contributed by atoms with Crippen LogP contribution in [0.2, 0.25) is 0 Å². The van der Waals surface area contributed by atoms with E-state index in [0.29, 0.717) is 12.2 Å². The first kappa shape index (κ1) is 18.9. The molecule has 4 nitrogen and oxygen atoms in total. The largest absolute Gasteiger partial charge is 0.497 e. The highest BCUT2D eigenvalue weighted by molar-refractivity contribution is 6.10. The van der Waals surface area contributed by atoms with Crippen molar-refractivity contribution in [2.75, 3.05) is 13.7 Å². The molecule has 0 bridgehead atoms. The van der Waals surface area contributed by atoms with Gasteiger partial charge in [0.1, 0.15) is 11.7 Å². The number of rotatable bonds is 5. The van der Waals surface area contributed by atoms with Crippen LogP contribution in [0.25, 0.3) is 5.57 Å². The number of carbonyl (C=O) groups excluding carboxylic acids is 2. The number of hydrogen-bond donors (Lipinski definition) is 0. The zero-order chi connectivity index (χ0) is 19.4. The summed E-state index contributed by atoms with van der Waals surface area (Å²) < 4.78 is 10.5. The average molecular weight is 364 g/mol. The molecule has 2 atom stereocenters. The molecule has 0 fully saturated rings. The minimum atomic E-state index is -0.829. The second-order valence-electron chi connectivity index (χ2n) is 6.70. The Balaban J connectivity index is 2.06. The van der Waals surface area contributed by atoms with Gasteiger partial charge in [-0.05, 0) is 60.7 Å². The molecule has 0 saturated carbocycles. The first-order valence-corrected chi connectivity index (χ1v) is 9.16. The molecule has 2 aromatic rings. The van der Waals surface area contributed by atoms with Crippen molar-refractivity contribution in [3.8, 4) is 5.75 Å². The number of ketones is 1. The van der Waals surface area contributed by atoms with Crippen LogP contribution in [0.3, 0.4) is 0 Å². The number of esters is 1. The fourth-order valence-electron chi connectivity index (χ4n) is 3.69. The van der Waals surface area contributed by atoms with E-state index in [1.165, 1.54) is 0 Å². The molecule has 4 heteroatoms. The van der Waals surface area contributed by atoms with Gasteiger partial charge in [0, 0.05) is 5.92 Å². The van der Waals surface area contributed by atoms with Crippen molar-refractivity contribution in [2.24, 2.45) is 5.92 Å². The van der Waals surface area contributed by atoms with Gasteiger partial charge in [0.05, 0.1) is 13.7 Å². The predicted molar refractivity (Wildman–Crippen MR) is 105 cm³/mol. The summed E-state index contributed by atoms with van der Waals surface area (Å²) in [5.74, 6) is -1.08. The number of carbonyl (C=O) groups is 2. The molecule has 1 aliphatic carbocycles. The van der Waals surface area contributed by atoms with E-state index >= 15 is 0 Å². The normalized spacial score (nSPS) is 19.4. The third-order valence-electron chi connectivity index (χ3n) is 5.02. The zero-order valence-corrected chi connectivity index (χ0v) is 15.9. The van der Waals surface area contributed by atoms with E-state index in [-0.39, 0.29) is 18.3 Å². The Kier molecular flexibility index (Phi) is 5.75. The van der Waals surface area contributed by atoms with Crippen molar-refractivity contribution in [1.29, 1.82) is 0 Å². The number of methoxy groups -OCH3 is 1. The molecular weight excluding hydrogens is 340 g/mol. The Morgan fingerprint density at radius 1 is 1.15 bits per heavy atom. The van der Waals surface area contributed by atoms with Gasteiger partial charge in [0.2, 0.25) is 0 Å². The van der Waals surface area contributed by atoms with Crippen molar-refractivity contribution < 1.29 is 19.1 Å². The fourth-order valence-corrected chi connectivity index (χ4v) is 3.69. The van der Waals surface area contributed by atoms with Crippen molar-refractivity contribution >= 4 is 17.3 Å². The predicted octanol–water partition coefficient (Wildman–Crippen LogP) is 4.32. The Bertz CT molecular complexity index is 881. The van der Waals surface area contributed by atoms with E-state index in [2.05, 4.69) is 0 Å². The molecule has 0 saturated heterocycles. The van der Waals surface area contributed by atoms with E-state index < -0.39 is 11.9 Å².